The standard InChI is InChI=1S/C26H22N4O2S/c1-33-21-12-8-18(9-13-21)16-28-25(31)20-10-6-19(7-11-20)17-30-24-22(4-2-14-27-24)29-15-3-5-23(29)26(30)32/h2-15H,16-17H2,1H3,(H,28,31). The van der Waals surface area contributed by atoms with Gasteiger partial charge in [0.2, 0.25) is 0 Å². The number of amides is 1. The first kappa shape index (κ1) is 21.0. The molecule has 0 aliphatic rings. The minimum absolute atomic E-state index is 0.0967. The van der Waals surface area contributed by atoms with Gasteiger partial charge < -0.3 is 9.72 Å². The van der Waals surface area contributed by atoms with Gasteiger partial charge in [0.25, 0.3) is 11.5 Å². The Morgan fingerprint density at radius 1 is 0.939 bits per heavy atom. The van der Waals surface area contributed by atoms with Crippen molar-refractivity contribution in [3.05, 3.63) is 112 Å². The van der Waals surface area contributed by atoms with Crippen LogP contribution in [0.15, 0.2) is 94.9 Å². The van der Waals surface area contributed by atoms with Crippen molar-refractivity contribution in [1.29, 1.82) is 0 Å². The van der Waals surface area contributed by atoms with Crippen LogP contribution in [0.5, 0.6) is 0 Å². The predicted molar refractivity (Wildman–Crippen MR) is 132 cm³/mol. The molecule has 0 spiro atoms. The molecule has 0 radical (unpaired) electrons. The molecule has 3 aromatic heterocycles. The van der Waals surface area contributed by atoms with E-state index in [-0.39, 0.29) is 11.5 Å². The third kappa shape index (κ3) is 4.15. The first-order valence-electron chi connectivity index (χ1n) is 10.6. The van der Waals surface area contributed by atoms with Crippen molar-refractivity contribution in [3.8, 4) is 0 Å². The summed E-state index contributed by atoms with van der Waals surface area (Å²) in [7, 11) is 0. The molecule has 0 aliphatic heterocycles. The van der Waals surface area contributed by atoms with Crippen LogP contribution in [0.25, 0.3) is 16.7 Å². The van der Waals surface area contributed by atoms with E-state index in [0.717, 1.165) is 16.6 Å². The Balaban J connectivity index is 1.34. The van der Waals surface area contributed by atoms with Crippen molar-refractivity contribution in [1.82, 2.24) is 19.3 Å². The zero-order valence-electron chi connectivity index (χ0n) is 18.1. The number of nitrogens with zero attached hydrogens (tertiary/aromatic N) is 3. The smallest absolute Gasteiger partial charge is 0.276 e. The lowest BCUT2D eigenvalue weighted by Gasteiger charge is -2.12. The Morgan fingerprint density at radius 2 is 1.67 bits per heavy atom. The van der Waals surface area contributed by atoms with Crippen LogP contribution in [-0.4, -0.2) is 26.1 Å². The average molecular weight is 455 g/mol. The molecule has 5 rings (SSSR count). The summed E-state index contributed by atoms with van der Waals surface area (Å²) in [4.78, 5) is 31.3. The summed E-state index contributed by atoms with van der Waals surface area (Å²) in [6, 6.07) is 23.0. The number of hydrogen-bond donors (Lipinski definition) is 1. The zero-order chi connectivity index (χ0) is 22.8. The highest BCUT2D eigenvalue weighted by Gasteiger charge is 2.12. The second-order valence-electron chi connectivity index (χ2n) is 7.73. The quantitative estimate of drug-likeness (QED) is 0.388. The molecule has 164 valence electrons. The van der Waals surface area contributed by atoms with Crippen LogP contribution in [0, 0.1) is 0 Å². The summed E-state index contributed by atoms with van der Waals surface area (Å²) in [5.74, 6) is -0.130. The first-order valence-corrected chi connectivity index (χ1v) is 11.8. The highest BCUT2D eigenvalue weighted by atomic mass is 32.2. The maximum Gasteiger partial charge on any atom is 0.276 e. The minimum atomic E-state index is -0.130. The monoisotopic (exact) mass is 454 g/mol. The molecular formula is C26H22N4O2S. The number of rotatable bonds is 6. The van der Waals surface area contributed by atoms with E-state index in [1.54, 1.807) is 34.7 Å². The van der Waals surface area contributed by atoms with Gasteiger partial charge in [-0.1, -0.05) is 24.3 Å². The van der Waals surface area contributed by atoms with Gasteiger partial charge in [0.15, 0.2) is 5.65 Å². The molecule has 33 heavy (non-hydrogen) atoms. The van der Waals surface area contributed by atoms with Crippen molar-refractivity contribution < 1.29 is 4.79 Å². The van der Waals surface area contributed by atoms with Gasteiger partial charge in [0, 0.05) is 29.4 Å². The lowest BCUT2D eigenvalue weighted by Crippen LogP contribution is -2.24. The topological polar surface area (TPSA) is 68.4 Å². The van der Waals surface area contributed by atoms with Crippen LogP contribution in [-0.2, 0) is 13.1 Å². The molecule has 0 unspecified atom stereocenters. The second kappa shape index (κ2) is 8.96. The Bertz CT molecular complexity index is 1500. The number of thioether (sulfide) groups is 1. The van der Waals surface area contributed by atoms with Crippen LogP contribution in [0.2, 0.25) is 0 Å². The van der Waals surface area contributed by atoms with Crippen molar-refractivity contribution >= 4 is 34.3 Å². The number of nitrogens with one attached hydrogen (secondary N) is 1. The molecule has 1 N–H and O–H groups in total. The maximum absolute atomic E-state index is 13.1. The van der Waals surface area contributed by atoms with Gasteiger partial charge in [0.1, 0.15) is 5.52 Å². The Kier molecular flexibility index (Phi) is 5.71. The molecule has 3 heterocycles. The molecular weight excluding hydrogens is 432 g/mol. The SMILES string of the molecule is CSc1ccc(CNC(=O)c2ccc(Cn3c(=O)c4cccn4c4cccnc43)cc2)cc1. The third-order valence-electron chi connectivity index (χ3n) is 5.66. The second-order valence-corrected chi connectivity index (χ2v) is 8.61. The van der Waals surface area contributed by atoms with Crippen LogP contribution in [0.1, 0.15) is 21.5 Å². The fourth-order valence-corrected chi connectivity index (χ4v) is 4.31. The number of carbonyl (C=O) groups excluding carboxylic acids is 1. The predicted octanol–water partition coefficient (Wildman–Crippen LogP) is 4.35. The number of benzene rings is 2. The summed E-state index contributed by atoms with van der Waals surface area (Å²) in [6.45, 7) is 0.845. The van der Waals surface area contributed by atoms with Gasteiger partial charge in [-0.25, -0.2) is 4.98 Å². The van der Waals surface area contributed by atoms with E-state index in [1.807, 2.05) is 77.5 Å². The van der Waals surface area contributed by atoms with E-state index in [9.17, 15) is 9.59 Å². The molecule has 0 fully saturated rings. The van der Waals surface area contributed by atoms with E-state index in [2.05, 4.69) is 10.3 Å². The fourth-order valence-electron chi connectivity index (χ4n) is 3.90. The van der Waals surface area contributed by atoms with Crippen molar-refractivity contribution in [2.24, 2.45) is 0 Å². The number of pyridine rings is 1. The van der Waals surface area contributed by atoms with Gasteiger partial charge in [-0.3, -0.25) is 14.2 Å². The Morgan fingerprint density at radius 3 is 2.42 bits per heavy atom. The molecule has 6 nitrogen and oxygen atoms in total. The number of hydrogen-bond acceptors (Lipinski definition) is 4. The Hall–Kier alpha value is -3.84. The maximum atomic E-state index is 13.1. The van der Waals surface area contributed by atoms with Crippen molar-refractivity contribution in [2.75, 3.05) is 6.26 Å². The van der Waals surface area contributed by atoms with Gasteiger partial charge in [0.05, 0.1) is 12.1 Å². The van der Waals surface area contributed by atoms with Gasteiger partial charge in [-0.15, -0.1) is 11.8 Å². The summed E-state index contributed by atoms with van der Waals surface area (Å²) >= 11 is 1.69. The minimum Gasteiger partial charge on any atom is -0.348 e. The average Bonchev–Trinajstić information content (AvgIpc) is 3.36. The van der Waals surface area contributed by atoms with E-state index >= 15 is 0 Å². The van der Waals surface area contributed by atoms with Gasteiger partial charge in [-0.2, -0.15) is 0 Å². The van der Waals surface area contributed by atoms with Crippen molar-refractivity contribution in [2.45, 2.75) is 18.0 Å². The molecule has 0 saturated heterocycles. The summed E-state index contributed by atoms with van der Waals surface area (Å²) < 4.78 is 3.54. The molecule has 0 saturated carbocycles. The fraction of sp³-hybridized carbons (Fsp3) is 0.115. The summed E-state index contributed by atoms with van der Waals surface area (Å²) in [5, 5.41) is 2.96. The molecule has 0 aliphatic carbocycles. The molecule has 7 heteroatoms. The number of fused-ring (bicyclic) bond motifs is 3. The molecule has 2 aromatic carbocycles. The van der Waals surface area contributed by atoms with Crippen LogP contribution in [0.4, 0.5) is 0 Å². The normalized spacial score (nSPS) is 11.2. The molecule has 0 bridgehead atoms. The van der Waals surface area contributed by atoms with Crippen LogP contribution in [0.3, 0.4) is 0 Å². The lowest BCUT2D eigenvalue weighted by atomic mass is 10.1. The molecule has 0 atom stereocenters. The first-order chi connectivity index (χ1) is 16.1. The summed E-state index contributed by atoms with van der Waals surface area (Å²) in [6.07, 6.45) is 5.60. The van der Waals surface area contributed by atoms with Gasteiger partial charge >= 0.3 is 0 Å². The lowest BCUT2D eigenvalue weighted by molar-refractivity contribution is 0.0951. The highest BCUT2D eigenvalue weighted by Crippen LogP contribution is 2.16. The third-order valence-corrected chi connectivity index (χ3v) is 6.41. The van der Waals surface area contributed by atoms with E-state index in [4.69, 9.17) is 0 Å². The summed E-state index contributed by atoms with van der Waals surface area (Å²) in [5.41, 5.74) is 4.56. The molecule has 5 aromatic rings. The van der Waals surface area contributed by atoms with Crippen LogP contribution >= 0.6 is 11.8 Å². The number of carbonyl (C=O) groups is 1. The van der Waals surface area contributed by atoms with E-state index in [0.29, 0.717) is 29.8 Å². The largest absolute Gasteiger partial charge is 0.348 e. The van der Waals surface area contributed by atoms with E-state index in [1.165, 1.54) is 4.90 Å². The van der Waals surface area contributed by atoms with Crippen molar-refractivity contribution in [3.63, 3.8) is 0 Å². The highest BCUT2D eigenvalue weighted by molar-refractivity contribution is 7.98. The van der Waals surface area contributed by atoms with E-state index < -0.39 is 0 Å². The zero-order valence-corrected chi connectivity index (χ0v) is 18.9. The van der Waals surface area contributed by atoms with Crippen LogP contribution < -0.4 is 10.9 Å². The Labute approximate surface area is 194 Å². The number of aromatic nitrogens is 3. The molecule has 1 amide bonds. The van der Waals surface area contributed by atoms with Gasteiger partial charge in [-0.05, 0) is 65.9 Å².